The molecule has 6 heteroatoms. The number of fused-ring (bicyclic) bond motifs is 1. The molecule has 0 spiro atoms. The normalized spacial score (nSPS) is 19.5. The van der Waals surface area contributed by atoms with E-state index in [1.807, 2.05) is 16.7 Å². The fourth-order valence-electron chi connectivity index (χ4n) is 3.00. The summed E-state index contributed by atoms with van der Waals surface area (Å²) in [4.78, 5) is 21.3. The van der Waals surface area contributed by atoms with Crippen LogP contribution in [-0.4, -0.2) is 20.8 Å². The van der Waals surface area contributed by atoms with Gasteiger partial charge in [0.05, 0.1) is 5.69 Å². The number of likely N-dealkylation sites (tertiary alicyclic amines) is 1. The summed E-state index contributed by atoms with van der Waals surface area (Å²) in [6.45, 7) is 1.83. The Balaban J connectivity index is 1.63. The van der Waals surface area contributed by atoms with Crippen LogP contribution in [0, 0.1) is 0 Å². The summed E-state index contributed by atoms with van der Waals surface area (Å²) in [5.74, 6) is 0. The van der Waals surface area contributed by atoms with Crippen molar-refractivity contribution in [1.82, 2.24) is 14.3 Å². The maximum atomic E-state index is 12.1. The minimum atomic E-state index is 0.0168. The molecule has 21 heavy (non-hydrogen) atoms. The van der Waals surface area contributed by atoms with Crippen molar-refractivity contribution >= 4 is 27.6 Å². The standard InChI is InChI=1S/C15H15N3OS2/c19-14-9-11(16-15-18(14)6-8-21-15)10-17-5-1-3-12(17)13-4-2-7-20-13/h2,4,6-9,12H,1,3,5,10H2. The molecule has 4 rings (SSSR count). The Kier molecular flexibility index (Phi) is 3.37. The predicted molar refractivity (Wildman–Crippen MR) is 86.0 cm³/mol. The van der Waals surface area contributed by atoms with Gasteiger partial charge in [-0.1, -0.05) is 6.07 Å². The Morgan fingerprint density at radius 3 is 3.14 bits per heavy atom. The van der Waals surface area contributed by atoms with Crippen molar-refractivity contribution in [2.45, 2.75) is 25.4 Å². The van der Waals surface area contributed by atoms with Crippen LogP contribution in [0.25, 0.3) is 4.96 Å². The highest BCUT2D eigenvalue weighted by molar-refractivity contribution is 7.15. The van der Waals surface area contributed by atoms with Crippen LogP contribution in [0.3, 0.4) is 0 Å². The molecule has 1 fully saturated rings. The van der Waals surface area contributed by atoms with Crippen LogP contribution in [-0.2, 0) is 6.54 Å². The minimum absolute atomic E-state index is 0.0168. The van der Waals surface area contributed by atoms with Gasteiger partial charge in [-0.25, -0.2) is 4.98 Å². The zero-order valence-electron chi connectivity index (χ0n) is 11.4. The van der Waals surface area contributed by atoms with Crippen LogP contribution in [0.2, 0.25) is 0 Å². The van der Waals surface area contributed by atoms with E-state index in [2.05, 4.69) is 27.4 Å². The molecule has 0 radical (unpaired) electrons. The van der Waals surface area contributed by atoms with E-state index < -0.39 is 0 Å². The van der Waals surface area contributed by atoms with Gasteiger partial charge in [0.25, 0.3) is 5.56 Å². The fourth-order valence-corrected chi connectivity index (χ4v) is 4.63. The quantitative estimate of drug-likeness (QED) is 0.745. The molecule has 0 saturated carbocycles. The minimum Gasteiger partial charge on any atom is -0.290 e. The molecule has 1 aliphatic rings. The van der Waals surface area contributed by atoms with Gasteiger partial charge in [0, 0.05) is 35.1 Å². The maximum Gasteiger partial charge on any atom is 0.258 e. The van der Waals surface area contributed by atoms with Gasteiger partial charge in [0.1, 0.15) is 0 Å². The van der Waals surface area contributed by atoms with Crippen molar-refractivity contribution < 1.29 is 0 Å². The summed E-state index contributed by atoms with van der Waals surface area (Å²) in [6, 6.07) is 6.47. The molecule has 4 heterocycles. The predicted octanol–water partition coefficient (Wildman–Crippen LogP) is 3.15. The average Bonchev–Trinajstić information content (AvgIpc) is 3.19. The van der Waals surface area contributed by atoms with Gasteiger partial charge >= 0.3 is 0 Å². The second kappa shape index (κ2) is 5.36. The highest BCUT2D eigenvalue weighted by Crippen LogP contribution is 2.35. The summed E-state index contributed by atoms with van der Waals surface area (Å²) in [5.41, 5.74) is 0.897. The topological polar surface area (TPSA) is 37.6 Å². The van der Waals surface area contributed by atoms with E-state index in [4.69, 9.17) is 0 Å². The molecule has 0 N–H and O–H groups in total. The van der Waals surface area contributed by atoms with Gasteiger partial charge in [0.15, 0.2) is 4.96 Å². The largest absolute Gasteiger partial charge is 0.290 e. The molecule has 1 atom stereocenters. The zero-order chi connectivity index (χ0) is 14.2. The van der Waals surface area contributed by atoms with E-state index in [0.29, 0.717) is 6.04 Å². The molecular weight excluding hydrogens is 302 g/mol. The highest BCUT2D eigenvalue weighted by Gasteiger charge is 2.27. The smallest absolute Gasteiger partial charge is 0.258 e. The van der Waals surface area contributed by atoms with Crippen LogP contribution in [0.4, 0.5) is 0 Å². The molecule has 0 bridgehead atoms. The molecule has 0 amide bonds. The van der Waals surface area contributed by atoms with Crippen molar-refractivity contribution in [3.8, 4) is 0 Å². The van der Waals surface area contributed by atoms with Gasteiger partial charge in [-0.3, -0.25) is 14.1 Å². The third-order valence-corrected chi connectivity index (χ3v) is 5.69. The van der Waals surface area contributed by atoms with E-state index in [9.17, 15) is 4.79 Å². The summed E-state index contributed by atoms with van der Waals surface area (Å²) >= 11 is 3.32. The lowest BCUT2D eigenvalue weighted by atomic mass is 10.2. The Morgan fingerprint density at radius 2 is 2.29 bits per heavy atom. The Hall–Kier alpha value is -1.50. The second-order valence-electron chi connectivity index (χ2n) is 5.29. The van der Waals surface area contributed by atoms with Crippen molar-refractivity contribution in [3.05, 3.63) is 56.1 Å². The summed E-state index contributed by atoms with van der Waals surface area (Å²) < 4.78 is 1.61. The Bertz CT molecular complexity index is 806. The summed E-state index contributed by atoms with van der Waals surface area (Å²) in [6.07, 6.45) is 4.19. The molecule has 1 saturated heterocycles. The third-order valence-electron chi connectivity index (χ3n) is 3.96. The van der Waals surface area contributed by atoms with Crippen molar-refractivity contribution in [3.63, 3.8) is 0 Å². The highest BCUT2D eigenvalue weighted by atomic mass is 32.1. The molecule has 0 aromatic carbocycles. The van der Waals surface area contributed by atoms with E-state index >= 15 is 0 Å². The number of nitrogens with zero attached hydrogens (tertiary/aromatic N) is 3. The molecule has 1 aliphatic heterocycles. The van der Waals surface area contributed by atoms with Crippen LogP contribution in [0.1, 0.15) is 29.5 Å². The average molecular weight is 317 g/mol. The number of thiazole rings is 1. The molecule has 1 unspecified atom stereocenters. The summed E-state index contributed by atoms with van der Waals surface area (Å²) in [5, 5.41) is 4.03. The number of hydrogen-bond donors (Lipinski definition) is 0. The first kappa shape index (κ1) is 13.2. The van der Waals surface area contributed by atoms with Gasteiger partial charge in [-0.15, -0.1) is 22.7 Å². The molecule has 0 aliphatic carbocycles. The molecule has 3 aromatic heterocycles. The van der Waals surface area contributed by atoms with Gasteiger partial charge < -0.3 is 0 Å². The molecule has 108 valence electrons. The number of hydrogen-bond acceptors (Lipinski definition) is 5. The number of rotatable bonds is 3. The van der Waals surface area contributed by atoms with Crippen molar-refractivity contribution in [2.75, 3.05) is 6.54 Å². The first-order valence-electron chi connectivity index (χ1n) is 7.04. The SMILES string of the molecule is O=c1cc(CN2CCCC2c2cccs2)nc2sccn12. The van der Waals surface area contributed by atoms with E-state index in [1.165, 1.54) is 29.1 Å². The first-order valence-corrected chi connectivity index (χ1v) is 8.80. The van der Waals surface area contributed by atoms with Crippen LogP contribution < -0.4 is 5.56 Å². The Morgan fingerprint density at radius 1 is 1.33 bits per heavy atom. The first-order chi connectivity index (χ1) is 10.3. The molecule has 3 aromatic rings. The third kappa shape index (κ3) is 2.43. The van der Waals surface area contributed by atoms with Crippen molar-refractivity contribution in [1.29, 1.82) is 0 Å². The van der Waals surface area contributed by atoms with E-state index in [1.54, 1.807) is 16.7 Å². The van der Waals surface area contributed by atoms with Gasteiger partial charge in [0.2, 0.25) is 0 Å². The van der Waals surface area contributed by atoms with Crippen molar-refractivity contribution in [2.24, 2.45) is 0 Å². The van der Waals surface area contributed by atoms with Crippen LogP contribution in [0.5, 0.6) is 0 Å². The maximum absolute atomic E-state index is 12.1. The number of thiophene rings is 1. The van der Waals surface area contributed by atoms with Gasteiger partial charge in [-0.05, 0) is 30.8 Å². The monoisotopic (exact) mass is 317 g/mol. The second-order valence-corrected chi connectivity index (χ2v) is 7.14. The zero-order valence-corrected chi connectivity index (χ0v) is 13.1. The van der Waals surface area contributed by atoms with Gasteiger partial charge in [-0.2, -0.15) is 0 Å². The lowest BCUT2D eigenvalue weighted by molar-refractivity contribution is 0.248. The Labute approximate surface area is 130 Å². The van der Waals surface area contributed by atoms with Crippen LogP contribution >= 0.6 is 22.7 Å². The molecule has 4 nitrogen and oxygen atoms in total. The van der Waals surface area contributed by atoms with E-state index in [-0.39, 0.29) is 5.56 Å². The van der Waals surface area contributed by atoms with Crippen LogP contribution in [0.15, 0.2) is 40.0 Å². The lowest BCUT2D eigenvalue weighted by Gasteiger charge is -2.23. The molecular formula is C15H15N3OS2. The fraction of sp³-hybridized carbons (Fsp3) is 0.333. The lowest BCUT2D eigenvalue weighted by Crippen LogP contribution is -2.24. The van der Waals surface area contributed by atoms with E-state index in [0.717, 1.165) is 23.7 Å². The summed E-state index contributed by atoms with van der Waals surface area (Å²) in [7, 11) is 0. The number of aromatic nitrogens is 2.